The molecule has 0 aliphatic carbocycles. The molecule has 3 rings (SSSR count). The van der Waals surface area contributed by atoms with E-state index in [4.69, 9.17) is 4.74 Å². The van der Waals surface area contributed by atoms with Gasteiger partial charge in [-0.3, -0.25) is 9.88 Å². The molecule has 0 amide bonds. The molecule has 1 N–H and O–H groups in total. The fraction of sp³-hybridized carbons (Fsp3) is 0.421. The van der Waals surface area contributed by atoms with E-state index in [1.807, 2.05) is 12.3 Å². The van der Waals surface area contributed by atoms with Crippen LogP contribution >= 0.6 is 0 Å². The van der Waals surface area contributed by atoms with Crippen molar-refractivity contribution < 1.29 is 4.74 Å². The van der Waals surface area contributed by atoms with Gasteiger partial charge in [-0.2, -0.15) is 0 Å². The van der Waals surface area contributed by atoms with Gasteiger partial charge in [0.25, 0.3) is 0 Å². The first-order valence-electron chi connectivity index (χ1n) is 8.45. The number of anilines is 1. The molecule has 1 aromatic carbocycles. The summed E-state index contributed by atoms with van der Waals surface area (Å²) in [5, 5.41) is 3.47. The zero-order chi connectivity index (χ0) is 16.8. The Balaban J connectivity index is 1.66. The third-order valence-electron chi connectivity index (χ3n) is 4.47. The molecule has 0 atom stereocenters. The number of aromatic nitrogens is 1. The van der Waals surface area contributed by atoms with Gasteiger partial charge in [-0.15, -0.1) is 0 Å². The van der Waals surface area contributed by atoms with Crippen LogP contribution in [0.3, 0.4) is 0 Å². The Bertz CT molecular complexity index is 639. The Morgan fingerprint density at radius 1 is 1.12 bits per heavy atom. The Labute approximate surface area is 144 Å². The number of hydrogen-bond donors (Lipinski definition) is 1. The zero-order valence-electron chi connectivity index (χ0n) is 14.5. The smallest absolute Gasteiger partial charge is 0.141 e. The van der Waals surface area contributed by atoms with E-state index in [1.165, 1.54) is 5.56 Å². The topological polar surface area (TPSA) is 40.6 Å². The Kier molecular flexibility index (Phi) is 5.67. The van der Waals surface area contributed by atoms with Gasteiger partial charge in [0.05, 0.1) is 12.8 Å². The number of nitrogens with one attached hydrogen (secondary N) is 1. The van der Waals surface area contributed by atoms with Crippen molar-refractivity contribution in [2.75, 3.05) is 45.7 Å². The summed E-state index contributed by atoms with van der Waals surface area (Å²) in [4.78, 5) is 9.05. The van der Waals surface area contributed by atoms with Gasteiger partial charge in [0.15, 0.2) is 0 Å². The lowest BCUT2D eigenvalue weighted by atomic mass is 10.1. The maximum atomic E-state index is 5.49. The fourth-order valence-corrected chi connectivity index (χ4v) is 2.96. The first-order valence-corrected chi connectivity index (χ1v) is 8.45. The van der Waals surface area contributed by atoms with Crippen LogP contribution in [0.25, 0.3) is 0 Å². The lowest BCUT2D eigenvalue weighted by Crippen LogP contribution is -2.43. The minimum Gasteiger partial charge on any atom is -0.495 e. The Morgan fingerprint density at radius 3 is 2.67 bits per heavy atom. The molecule has 1 saturated heterocycles. The van der Waals surface area contributed by atoms with Gasteiger partial charge in [-0.05, 0) is 36.4 Å². The van der Waals surface area contributed by atoms with E-state index in [-0.39, 0.29) is 0 Å². The third kappa shape index (κ3) is 4.46. The number of methoxy groups -OCH3 is 1. The first-order chi connectivity index (χ1) is 11.7. The molecule has 2 aromatic rings. The van der Waals surface area contributed by atoms with Crippen LogP contribution in [0.1, 0.15) is 11.1 Å². The zero-order valence-corrected chi connectivity index (χ0v) is 14.5. The van der Waals surface area contributed by atoms with Gasteiger partial charge in [-0.1, -0.05) is 12.1 Å². The monoisotopic (exact) mass is 326 g/mol. The normalized spacial score (nSPS) is 16.1. The summed E-state index contributed by atoms with van der Waals surface area (Å²) in [6.07, 6.45) is 3.67. The SMILES string of the molecule is COc1ccc(CN2CCN(C)CC2)cc1NCc1cccnc1. The molecular formula is C19H26N4O. The molecule has 0 unspecified atom stereocenters. The van der Waals surface area contributed by atoms with Crippen molar-refractivity contribution in [1.82, 2.24) is 14.8 Å². The summed E-state index contributed by atoms with van der Waals surface area (Å²) in [5.74, 6) is 0.876. The largest absolute Gasteiger partial charge is 0.495 e. The van der Waals surface area contributed by atoms with Gasteiger partial charge < -0.3 is 15.0 Å². The van der Waals surface area contributed by atoms with E-state index in [0.29, 0.717) is 0 Å². The van der Waals surface area contributed by atoms with Gasteiger partial charge in [0, 0.05) is 51.7 Å². The van der Waals surface area contributed by atoms with Gasteiger partial charge in [-0.25, -0.2) is 0 Å². The lowest BCUT2D eigenvalue weighted by Gasteiger charge is -2.32. The summed E-state index contributed by atoms with van der Waals surface area (Å²) in [6.45, 7) is 6.26. The number of nitrogens with zero attached hydrogens (tertiary/aromatic N) is 3. The van der Waals surface area contributed by atoms with E-state index in [0.717, 1.165) is 56.3 Å². The first kappa shape index (κ1) is 16.7. The quantitative estimate of drug-likeness (QED) is 0.883. The average molecular weight is 326 g/mol. The van der Waals surface area contributed by atoms with Crippen LogP contribution in [-0.2, 0) is 13.1 Å². The lowest BCUT2D eigenvalue weighted by molar-refractivity contribution is 0.148. The molecule has 5 nitrogen and oxygen atoms in total. The van der Waals surface area contributed by atoms with Crippen molar-refractivity contribution in [3.05, 3.63) is 53.9 Å². The predicted molar refractivity (Wildman–Crippen MR) is 97.3 cm³/mol. The minimum absolute atomic E-state index is 0.738. The molecule has 1 fully saturated rings. The molecule has 2 heterocycles. The number of piperazine rings is 1. The fourth-order valence-electron chi connectivity index (χ4n) is 2.96. The second kappa shape index (κ2) is 8.13. The number of rotatable bonds is 6. The summed E-state index contributed by atoms with van der Waals surface area (Å²) >= 11 is 0. The summed E-state index contributed by atoms with van der Waals surface area (Å²) in [5.41, 5.74) is 3.51. The molecular weight excluding hydrogens is 300 g/mol. The summed E-state index contributed by atoms with van der Waals surface area (Å²) in [7, 11) is 3.90. The molecule has 0 radical (unpaired) electrons. The van der Waals surface area contributed by atoms with Crippen molar-refractivity contribution in [3.63, 3.8) is 0 Å². The summed E-state index contributed by atoms with van der Waals surface area (Å²) < 4.78 is 5.49. The number of ether oxygens (including phenoxy) is 1. The Morgan fingerprint density at radius 2 is 1.96 bits per heavy atom. The van der Waals surface area contributed by atoms with Crippen LogP contribution in [0, 0.1) is 0 Å². The molecule has 5 heteroatoms. The van der Waals surface area contributed by atoms with Gasteiger partial charge >= 0.3 is 0 Å². The molecule has 0 spiro atoms. The van der Waals surface area contributed by atoms with Gasteiger partial charge in [0.2, 0.25) is 0 Å². The molecule has 0 saturated carbocycles. The maximum absolute atomic E-state index is 5.49. The van der Waals surface area contributed by atoms with Crippen molar-refractivity contribution in [2.45, 2.75) is 13.1 Å². The number of likely N-dealkylation sites (N-methyl/N-ethyl adjacent to an activating group) is 1. The number of benzene rings is 1. The number of hydrogen-bond acceptors (Lipinski definition) is 5. The number of pyridine rings is 1. The molecule has 0 bridgehead atoms. The van der Waals surface area contributed by atoms with E-state index in [9.17, 15) is 0 Å². The van der Waals surface area contributed by atoms with Crippen LogP contribution < -0.4 is 10.1 Å². The molecule has 128 valence electrons. The highest BCUT2D eigenvalue weighted by atomic mass is 16.5. The third-order valence-corrected chi connectivity index (χ3v) is 4.47. The highest BCUT2D eigenvalue weighted by molar-refractivity contribution is 5.58. The van der Waals surface area contributed by atoms with Crippen molar-refractivity contribution in [1.29, 1.82) is 0 Å². The molecule has 24 heavy (non-hydrogen) atoms. The molecule has 1 aromatic heterocycles. The molecule has 1 aliphatic heterocycles. The van der Waals surface area contributed by atoms with E-state index in [1.54, 1.807) is 13.3 Å². The van der Waals surface area contributed by atoms with Gasteiger partial charge in [0.1, 0.15) is 5.75 Å². The van der Waals surface area contributed by atoms with Crippen LogP contribution in [0.4, 0.5) is 5.69 Å². The van der Waals surface area contributed by atoms with E-state index >= 15 is 0 Å². The summed E-state index contributed by atoms with van der Waals surface area (Å²) in [6, 6.07) is 10.4. The second-order valence-corrected chi connectivity index (χ2v) is 6.33. The minimum atomic E-state index is 0.738. The standard InChI is InChI=1S/C19H26N4O/c1-22-8-10-23(11-9-22)15-16-5-6-19(24-2)18(12-16)21-14-17-4-3-7-20-13-17/h3-7,12-13,21H,8-11,14-15H2,1-2H3. The molecule has 1 aliphatic rings. The maximum Gasteiger partial charge on any atom is 0.141 e. The van der Waals surface area contributed by atoms with Crippen molar-refractivity contribution in [2.24, 2.45) is 0 Å². The van der Waals surface area contributed by atoms with Crippen LogP contribution in [0.5, 0.6) is 5.75 Å². The van der Waals surface area contributed by atoms with Crippen LogP contribution in [-0.4, -0.2) is 55.1 Å². The van der Waals surface area contributed by atoms with E-state index in [2.05, 4.69) is 51.4 Å². The van der Waals surface area contributed by atoms with E-state index < -0.39 is 0 Å². The van der Waals surface area contributed by atoms with Crippen LogP contribution in [0.15, 0.2) is 42.7 Å². The van der Waals surface area contributed by atoms with Crippen molar-refractivity contribution in [3.8, 4) is 5.75 Å². The average Bonchev–Trinajstić information content (AvgIpc) is 2.63. The Hall–Kier alpha value is -2.11. The second-order valence-electron chi connectivity index (χ2n) is 6.33. The van der Waals surface area contributed by atoms with Crippen molar-refractivity contribution >= 4 is 5.69 Å². The predicted octanol–water partition coefficient (Wildman–Crippen LogP) is 2.45. The van der Waals surface area contributed by atoms with Crippen LogP contribution in [0.2, 0.25) is 0 Å². The highest BCUT2D eigenvalue weighted by Crippen LogP contribution is 2.26. The highest BCUT2D eigenvalue weighted by Gasteiger charge is 2.14.